The highest BCUT2D eigenvalue weighted by Crippen LogP contribution is 2.22. The van der Waals surface area contributed by atoms with Gasteiger partial charge in [-0.25, -0.2) is 4.98 Å². The van der Waals surface area contributed by atoms with Crippen LogP contribution in [-0.2, 0) is 0 Å². The Balaban J connectivity index is 2.10. The molecule has 0 saturated heterocycles. The van der Waals surface area contributed by atoms with Gasteiger partial charge in [0, 0.05) is 35.4 Å². The fourth-order valence-corrected chi connectivity index (χ4v) is 3.30. The van der Waals surface area contributed by atoms with Crippen LogP contribution < -0.4 is 10.8 Å². The number of nitrogens with zero attached hydrogens (tertiary/aromatic N) is 3. The third-order valence-electron chi connectivity index (χ3n) is 4.30. The van der Waals surface area contributed by atoms with Crippen LogP contribution in [0.2, 0.25) is 0 Å². The van der Waals surface area contributed by atoms with Gasteiger partial charge in [-0.1, -0.05) is 30.3 Å². The summed E-state index contributed by atoms with van der Waals surface area (Å²) in [6.07, 6.45) is 9.14. The standard InChI is InChI=1S/C19H12N4O/c24-19-18-21-8-9-23(18)17-15(10-12-4-3-7-20-11-12)13-5-1-2-6-14(13)16(17)22-19/h1-11H,(H,22,24). The number of H-pyrrole nitrogens is 1. The summed E-state index contributed by atoms with van der Waals surface area (Å²) in [4.78, 5) is 23.7. The quantitative estimate of drug-likeness (QED) is 0.516. The van der Waals surface area contributed by atoms with Crippen LogP contribution in [-0.4, -0.2) is 19.4 Å². The molecule has 0 radical (unpaired) electrons. The number of nitrogens with one attached hydrogen (secondary N) is 1. The first-order chi connectivity index (χ1) is 11.8. The van der Waals surface area contributed by atoms with Crippen LogP contribution in [0.15, 0.2) is 66.0 Å². The van der Waals surface area contributed by atoms with Gasteiger partial charge in [-0.3, -0.25) is 14.2 Å². The van der Waals surface area contributed by atoms with E-state index < -0.39 is 0 Å². The highest BCUT2D eigenvalue weighted by atomic mass is 16.1. The van der Waals surface area contributed by atoms with E-state index in [2.05, 4.69) is 27.1 Å². The smallest absolute Gasteiger partial charge is 0.292 e. The molecule has 0 atom stereocenters. The van der Waals surface area contributed by atoms with Crippen molar-refractivity contribution in [3.63, 3.8) is 0 Å². The highest BCUT2D eigenvalue weighted by molar-refractivity contribution is 6.10. The maximum atomic E-state index is 12.3. The van der Waals surface area contributed by atoms with E-state index in [0.717, 1.165) is 32.6 Å². The molecule has 5 aromatic rings. The first-order valence-corrected chi connectivity index (χ1v) is 7.64. The minimum Gasteiger partial charge on any atom is -0.317 e. The van der Waals surface area contributed by atoms with Gasteiger partial charge in [-0.15, -0.1) is 0 Å². The van der Waals surface area contributed by atoms with Gasteiger partial charge in [0.25, 0.3) is 5.56 Å². The second kappa shape index (κ2) is 4.76. The Bertz CT molecular complexity index is 1320. The third kappa shape index (κ3) is 1.72. The fourth-order valence-electron chi connectivity index (χ4n) is 3.30. The molecular weight excluding hydrogens is 300 g/mol. The summed E-state index contributed by atoms with van der Waals surface area (Å²) in [6.45, 7) is 0. The minimum atomic E-state index is -0.184. The second-order valence-electron chi connectivity index (χ2n) is 5.69. The van der Waals surface area contributed by atoms with Crippen LogP contribution in [0.1, 0.15) is 5.56 Å². The predicted octanol–water partition coefficient (Wildman–Crippen LogP) is 2.27. The molecule has 0 amide bonds. The molecule has 0 bridgehead atoms. The SMILES string of the molecule is O=c1[nH]c2c3ccccc3c(=Cc3cccnc3)c2n2ccnc12. The maximum absolute atomic E-state index is 12.3. The van der Waals surface area contributed by atoms with Crippen LogP contribution in [0.3, 0.4) is 0 Å². The topological polar surface area (TPSA) is 63.0 Å². The molecule has 3 aromatic heterocycles. The number of aromatic amines is 1. The Hall–Kier alpha value is -3.47. The molecule has 0 aliphatic heterocycles. The van der Waals surface area contributed by atoms with Crippen molar-refractivity contribution >= 4 is 33.5 Å². The molecule has 0 spiro atoms. The first-order valence-electron chi connectivity index (χ1n) is 7.64. The van der Waals surface area contributed by atoms with E-state index in [0.29, 0.717) is 5.65 Å². The Morgan fingerprint density at radius 1 is 1.04 bits per heavy atom. The van der Waals surface area contributed by atoms with Crippen LogP contribution in [0.4, 0.5) is 0 Å². The Kier molecular flexibility index (Phi) is 2.58. The minimum absolute atomic E-state index is 0.184. The van der Waals surface area contributed by atoms with Gasteiger partial charge in [0.15, 0.2) is 0 Å². The lowest BCUT2D eigenvalue weighted by atomic mass is 10.2. The van der Waals surface area contributed by atoms with E-state index in [1.807, 2.05) is 47.1 Å². The van der Waals surface area contributed by atoms with Crippen molar-refractivity contribution in [1.82, 2.24) is 19.4 Å². The van der Waals surface area contributed by atoms with Crippen molar-refractivity contribution in [3.05, 3.63) is 82.3 Å². The predicted molar refractivity (Wildman–Crippen MR) is 93.8 cm³/mol. The molecule has 5 nitrogen and oxygen atoms in total. The normalized spacial score (nSPS) is 12.6. The van der Waals surface area contributed by atoms with Gasteiger partial charge in [-0.2, -0.15) is 0 Å². The number of hydrogen-bond acceptors (Lipinski definition) is 3. The van der Waals surface area contributed by atoms with Crippen molar-refractivity contribution in [2.45, 2.75) is 0 Å². The van der Waals surface area contributed by atoms with Crippen LogP contribution >= 0.6 is 0 Å². The lowest BCUT2D eigenvalue weighted by Crippen LogP contribution is -2.13. The summed E-state index contributed by atoms with van der Waals surface area (Å²) in [5.41, 5.74) is 3.01. The van der Waals surface area contributed by atoms with Gasteiger partial charge >= 0.3 is 0 Å². The zero-order chi connectivity index (χ0) is 16.1. The molecule has 0 fully saturated rings. The summed E-state index contributed by atoms with van der Waals surface area (Å²) in [6, 6.07) is 12.0. The zero-order valence-corrected chi connectivity index (χ0v) is 12.6. The van der Waals surface area contributed by atoms with Crippen molar-refractivity contribution in [1.29, 1.82) is 0 Å². The highest BCUT2D eigenvalue weighted by Gasteiger charge is 2.13. The van der Waals surface area contributed by atoms with Crippen molar-refractivity contribution in [2.24, 2.45) is 0 Å². The third-order valence-corrected chi connectivity index (χ3v) is 4.30. The van der Waals surface area contributed by atoms with E-state index >= 15 is 0 Å². The van der Waals surface area contributed by atoms with E-state index in [-0.39, 0.29) is 5.56 Å². The van der Waals surface area contributed by atoms with Crippen LogP contribution in [0.25, 0.3) is 33.5 Å². The number of aromatic nitrogens is 4. The molecule has 0 saturated carbocycles. The van der Waals surface area contributed by atoms with E-state index in [9.17, 15) is 4.79 Å². The number of benzene rings is 1. The largest absolute Gasteiger partial charge is 0.317 e. The average Bonchev–Trinajstić information content (AvgIpc) is 3.21. The zero-order valence-electron chi connectivity index (χ0n) is 12.6. The molecule has 3 heterocycles. The summed E-state index contributed by atoms with van der Waals surface area (Å²) in [5.74, 6) is 0. The maximum Gasteiger partial charge on any atom is 0.292 e. The van der Waals surface area contributed by atoms with Gasteiger partial charge in [0.05, 0.1) is 11.0 Å². The lowest BCUT2D eigenvalue weighted by molar-refractivity contribution is 1.17. The molecule has 0 unspecified atom stereocenters. The first kappa shape index (κ1) is 13.0. The van der Waals surface area contributed by atoms with E-state index in [1.54, 1.807) is 12.4 Å². The lowest BCUT2D eigenvalue weighted by Gasteiger charge is -1.98. The number of fused-ring (bicyclic) bond motifs is 5. The van der Waals surface area contributed by atoms with Crippen LogP contribution in [0, 0.1) is 0 Å². The summed E-state index contributed by atoms with van der Waals surface area (Å²) in [7, 11) is 0. The van der Waals surface area contributed by atoms with Gasteiger partial charge < -0.3 is 4.98 Å². The number of rotatable bonds is 1. The Morgan fingerprint density at radius 2 is 1.92 bits per heavy atom. The molecule has 0 aliphatic rings. The van der Waals surface area contributed by atoms with Gasteiger partial charge in [0.2, 0.25) is 5.65 Å². The van der Waals surface area contributed by atoms with E-state index in [1.165, 1.54) is 0 Å². The Morgan fingerprint density at radius 3 is 2.75 bits per heavy atom. The number of hydrogen-bond donors (Lipinski definition) is 1. The fraction of sp³-hybridized carbons (Fsp3) is 0. The second-order valence-corrected chi connectivity index (χ2v) is 5.69. The molecule has 5 heteroatoms. The van der Waals surface area contributed by atoms with Crippen molar-refractivity contribution in [2.75, 3.05) is 0 Å². The molecule has 1 N–H and O–H groups in total. The number of imidazole rings is 1. The van der Waals surface area contributed by atoms with Gasteiger partial charge in [0.1, 0.15) is 0 Å². The van der Waals surface area contributed by atoms with Crippen molar-refractivity contribution in [3.8, 4) is 0 Å². The molecule has 2 aromatic carbocycles. The molecule has 114 valence electrons. The van der Waals surface area contributed by atoms with Gasteiger partial charge in [-0.05, 0) is 23.1 Å². The van der Waals surface area contributed by atoms with E-state index in [4.69, 9.17) is 0 Å². The molecule has 24 heavy (non-hydrogen) atoms. The number of pyridine rings is 1. The van der Waals surface area contributed by atoms with Crippen molar-refractivity contribution < 1.29 is 0 Å². The summed E-state index contributed by atoms with van der Waals surface area (Å²) >= 11 is 0. The molecular formula is C19H12N4O. The van der Waals surface area contributed by atoms with Crippen LogP contribution in [0.5, 0.6) is 0 Å². The average molecular weight is 312 g/mol. The molecule has 5 rings (SSSR count). The summed E-state index contributed by atoms with van der Waals surface area (Å²) < 4.78 is 1.86. The monoisotopic (exact) mass is 312 g/mol. The molecule has 0 aliphatic carbocycles. The Labute approximate surface area is 135 Å². The summed E-state index contributed by atoms with van der Waals surface area (Å²) in [5, 5.41) is 3.16.